The van der Waals surface area contributed by atoms with Crippen molar-refractivity contribution >= 4 is 39.2 Å². The lowest BCUT2D eigenvalue weighted by atomic mass is 10.1. The number of carbonyl (C=O) groups excluding carboxylic acids is 2. The molecule has 0 bridgehead atoms. The molecule has 12 heteroatoms. The molecule has 3 aromatic carbocycles. The lowest BCUT2D eigenvalue weighted by molar-refractivity contribution is -0.113. The van der Waals surface area contributed by atoms with Crippen molar-refractivity contribution in [2.45, 2.75) is 23.5 Å². The number of thioether (sulfide) groups is 1. The summed E-state index contributed by atoms with van der Waals surface area (Å²) in [5.41, 5.74) is 2.48. The van der Waals surface area contributed by atoms with E-state index >= 15 is 0 Å². The lowest BCUT2D eigenvalue weighted by Crippen LogP contribution is -2.40. The number of hydrogen-bond donors (Lipinski definition) is 1. The number of benzene rings is 3. The predicted molar refractivity (Wildman–Crippen MR) is 156 cm³/mol. The zero-order chi connectivity index (χ0) is 28.8. The highest BCUT2D eigenvalue weighted by molar-refractivity contribution is 7.99. The van der Waals surface area contributed by atoms with Crippen molar-refractivity contribution in [1.29, 1.82) is 0 Å². The van der Waals surface area contributed by atoms with Crippen LogP contribution < -0.4 is 5.32 Å². The van der Waals surface area contributed by atoms with E-state index in [2.05, 4.69) is 15.5 Å². The van der Waals surface area contributed by atoms with Gasteiger partial charge in [0.05, 0.1) is 36.1 Å². The van der Waals surface area contributed by atoms with Crippen LogP contribution in [-0.2, 0) is 26.1 Å². The van der Waals surface area contributed by atoms with E-state index in [9.17, 15) is 18.0 Å². The Morgan fingerprint density at radius 1 is 0.951 bits per heavy atom. The minimum absolute atomic E-state index is 0.0324. The average molecular weight is 592 g/mol. The van der Waals surface area contributed by atoms with Crippen molar-refractivity contribution in [3.8, 4) is 11.4 Å². The smallest absolute Gasteiger partial charge is 0.243 e. The summed E-state index contributed by atoms with van der Waals surface area (Å²) in [5, 5.41) is 12.1. The first-order chi connectivity index (χ1) is 19.8. The summed E-state index contributed by atoms with van der Waals surface area (Å²) in [4.78, 5) is 24.9. The number of amides is 1. The first-order valence-electron chi connectivity index (χ1n) is 13.0. The van der Waals surface area contributed by atoms with Gasteiger partial charge in [-0.2, -0.15) is 4.31 Å². The molecule has 1 fully saturated rings. The number of morpholine rings is 1. The number of hydrogen-bond acceptors (Lipinski definition) is 8. The molecule has 0 aliphatic carbocycles. The maximum Gasteiger partial charge on any atom is 0.243 e. The number of ketones is 1. The molecular formula is C29H29N5O5S2. The summed E-state index contributed by atoms with van der Waals surface area (Å²) in [7, 11) is -3.70. The Morgan fingerprint density at radius 2 is 1.68 bits per heavy atom. The van der Waals surface area contributed by atoms with E-state index in [1.807, 2.05) is 34.9 Å². The quantitative estimate of drug-likeness (QED) is 0.217. The monoisotopic (exact) mass is 591 g/mol. The number of sulfonamides is 1. The maximum atomic E-state index is 13.3. The molecule has 41 heavy (non-hydrogen) atoms. The first-order valence-corrected chi connectivity index (χ1v) is 15.4. The Morgan fingerprint density at radius 3 is 2.44 bits per heavy atom. The molecule has 2 heterocycles. The molecule has 1 aliphatic rings. The third-order valence-electron chi connectivity index (χ3n) is 6.51. The number of carbonyl (C=O) groups is 2. The zero-order valence-electron chi connectivity index (χ0n) is 22.4. The number of anilines is 1. The van der Waals surface area contributed by atoms with Gasteiger partial charge < -0.3 is 10.1 Å². The van der Waals surface area contributed by atoms with E-state index in [0.29, 0.717) is 60.6 Å². The van der Waals surface area contributed by atoms with Crippen molar-refractivity contribution in [3.63, 3.8) is 0 Å². The Labute approximate surface area is 242 Å². The van der Waals surface area contributed by atoms with Gasteiger partial charge in [-0.1, -0.05) is 66.4 Å². The van der Waals surface area contributed by atoms with Gasteiger partial charge in [0.1, 0.15) is 0 Å². The number of aromatic nitrogens is 3. The molecule has 1 aromatic heterocycles. The summed E-state index contributed by atoms with van der Waals surface area (Å²) in [6.07, 6.45) is 0. The summed E-state index contributed by atoms with van der Waals surface area (Å²) in [5.74, 6) is 0.0828. The van der Waals surface area contributed by atoms with Crippen LogP contribution in [0.1, 0.15) is 22.8 Å². The second kappa shape index (κ2) is 12.8. The van der Waals surface area contributed by atoms with Crippen LogP contribution in [0, 0.1) is 0 Å². The second-order valence-electron chi connectivity index (χ2n) is 9.36. The van der Waals surface area contributed by atoms with Gasteiger partial charge in [0.2, 0.25) is 15.9 Å². The van der Waals surface area contributed by atoms with E-state index < -0.39 is 10.0 Å². The Hall–Kier alpha value is -3.84. The molecular weight excluding hydrogens is 562 g/mol. The third-order valence-corrected chi connectivity index (χ3v) is 9.37. The molecule has 1 aliphatic heterocycles. The standard InChI is InChI=1S/C29H29N5O5S2/c1-21(35)25-12-5-6-13-26(25)30-27(36)20-40-29-32-31-28(34(29)19-22-8-3-2-4-9-22)23-10-7-11-24(18-23)41(37,38)33-14-16-39-17-15-33/h2-13,18H,14-17,19-20H2,1H3,(H,30,36). The lowest BCUT2D eigenvalue weighted by Gasteiger charge is -2.26. The number of rotatable bonds is 10. The molecule has 0 atom stereocenters. The van der Waals surface area contributed by atoms with Gasteiger partial charge in [-0.25, -0.2) is 8.42 Å². The van der Waals surface area contributed by atoms with Crippen molar-refractivity contribution in [3.05, 3.63) is 90.0 Å². The highest BCUT2D eigenvalue weighted by Gasteiger charge is 2.27. The molecule has 0 unspecified atom stereocenters. The van der Waals surface area contributed by atoms with Gasteiger partial charge in [0.25, 0.3) is 0 Å². The number of nitrogens with one attached hydrogen (secondary N) is 1. The topological polar surface area (TPSA) is 123 Å². The maximum absolute atomic E-state index is 13.3. The Balaban J connectivity index is 1.42. The SMILES string of the molecule is CC(=O)c1ccccc1NC(=O)CSc1nnc(-c2cccc(S(=O)(=O)N3CCOCC3)c2)n1Cc1ccccc1. The van der Waals surface area contributed by atoms with E-state index in [1.165, 1.54) is 23.0 Å². The predicted octanol–water partition coefficient (Wildman–Crippen LogP) is 3.95. The van der Waals surface area contributed by atoms with Gasteiger partial charge >= 0.3 is 0 Å². The summed E-state index contributed by atoms with van der Waals surface area (Å²) in [6.45, 7) is 3.19. The minimum Gasteiger partial charge on any atom is -0.379 e. The van der Waals surface area contributed by atoms with Crippen LogP contribution in [0.5, 0.6) is 0 Å². The van der Waals surface area contributed by atoms with E-state index in [0.717, 1.165) is 5.56 Å². The highest BCUT2D eigenvalue weighted by atomic mass is 32.2. The Kier molecular flexibility index (Phi) is 8.93. The normalized spacial score (nSPS) is 14.1. The van der Waals surface area contributed by atoms with Crippen molar-refractivity contribution in [2.75, 3.05) is 37.4 Å². The molecule has 0 radical (unpaired) electrons. The van der Waals surface area contributed by atoms with E-state index in [4.69, 9.17) is 4.74 Å². The van der Waals surface area contributed by atoms with Gasteiger partial charge in [0.15, 0.2) is 16.8 Å². The summed E-state index contributed by atoms with van der Waals surface area (Å²) < 4.78 is 35.2. The Bertz CT molecular complexity index is 1650. The average Bonchev–Trinajstić information content (AvgIpc) is 3.39. The fourth-order valence-electron chi connectivity index (χ4n) is 4.46. The molecule has 1 saturated heterocycles. The zero-order valence-corrected chi connectivity index (χ0v) is 24.0. The number of Topliss-reactive ketones (excluding diaryl/α,β-unsaturated/α-hetero) is 1. The molecule has 1 amide bonds. The molecule has 4 aromatic rings. The van der Waals surface area contributed by atoms with Crippen LogP contribution in [0.25, 0.3) is 11.4 Å². The van der Waals surface area contributed by atoms with Crippen LogP contribution in [-0.4, -0.2) is 71.2 Å². The van der Waals surface area contributed by atoms with Crippen LogP contribution in [0.4, 0.5) is 5.69 Å². The number of para-hydroxylation sites is 1. The second-order valence-corrected chi connectivity index (χ2v) is 12.2. The number of nitrogens with zero attached hydrogens (tertiary/aromatic N) is 4. The summed E-state index contributed by atoms with van der Waals surface area (Å²) in [6, 6.07) is 23.3. The molecule has 0 saturated carbocycles. The fourth-order valence-corrected chi connectivity index (χ4v) is 6.66. The molecule has 1 N–H and O–H groups in total. The van der Waals surface area contributed by atoms with Gasteiger partial charge in [-0.3, -0.25) is 14.2 Å². The van der Waals surface area contributed by atoms with Crippen LogP contribution in [0.2, 0.25) is 0 Å². The molecule has 5 rings (SSSR count). The molecule has 0 spiro atoms. The first kappa shape index (κ1) is 28.7. The van der Waals surface area contributed by atoms with Crippen molar-refractivity contribution < 1.29 is 22.7 Å². The van der Waals surface area contributed by atoms with Crippen molar-refractivity contribution in [1.82, 2.24) is 19.1 Å². The van der Waals surface area contributed by atoms with E-state index in [-0.39, 0.29) is 22.3 Å². The van der Waals surface area contributed by atoms with Crippen LogP contribution in [0.3, 0.4) is 0 Å². The molecule has 212 valence electrons. The third kappa shape index (κ3) is 6.73. The largest absolute Gasteiger partial charge is 0.379 e. The molecule has 10 nitrogen and oxygen atoms in total. The summed E-state index contributed by atoms with van der Waals surface area (Å²) >= 11 is 1.21. The van der Waals surface area contributed by atoms with Gasteiger partial charge in [-0.05, 0) is 36.8 Å². The van der Waals surface area contributed by atoms with E-state index in [1.54, 1.807) is 48.5 Å². The van der Waals surface area contributed by atoms with Gasteiger partial charge in [-0.15, -0.1) is 10.2 Å². The van der Waals surface area contributed by atoms with Crippen LogP contribution >= 0.6 is 11.8 Å². The van der Waals surface area contributed by atoms with Crippen molar-refractivity contribution in [2.24, 2.45) is 0 Å². The highest BCUT2D eigenvalue weighted by Crippen LogP contribution is 2.28. The fraction of sp³-hybridized carbons (Fsp3) is 0.241. The minimum atomic E-state index is -3.70. The van der Waals surface area contributed by atoms with Crippen LogP contribution in [0.15, 0.2) is 88.9 Å². The van der Waals surface area contributed by atoms with Gasteiger partial charge in [0, 0.05) is 24.2 Å². The number of ether oxygens (including phenoxy) is 1.